The summed E-state index contributed by atoms with van der Waals surface area (Å²) >= 11 is 1.71. The third-order valence-electron chi connectivity index (χ3n) is 1.73. The summed E-state index contributed by atoms with van der Waals surface area (Å²) in [6.07, 6.45) is 3.40. The smallest absolute Gasteiger partial charge is 0.138 e. The van der Waals surface area contributed by atoms with Crippen LogP contribution in [-0.2, 0) is 13.1 Å². The minimum atomic E-state index is 0.705. The molecule has 0 fully saturated rings. The van der Waals surface area contributed by atoms with Crippen molar-refractivity contribution in [2.45, 2.75) is 20.0 Å². The minimum absolute atomic E-state index is 0.705. The monoisotopic (exact) mass is 209 g/mol. The first-order valence-corrected chi connectivity index (χ1v) is 5.12. The lowest BCUT2D eigenvalue weighted by Crippen LogP contribution is -2.12. The van der Waals surface area contributed by atoms with Gasteiger partial charge in [0.1, 0.15) is 12.2 Å². The van der Waals surface area contributed by atoms with E-state index >= 15 is 0 Å². The second-order valence-electron chi connectivity index (χ2n) is 2.88. The molecule has 2 heterocycles. The summed E-state index contributed by atoms with van der Waals surface area (Å²) in [5.41, 5.74) is 0. The van der Waals surface area contributed by atoms with E-state index in [0.717, 1.165) is 17.4 Å². The minimum Gasteiger partial charge on any atom is -0.305 e. The Balaban J connectivity index is 1.78. The van der Waals surface area contributed by atoms with E-state index in [0.29, 0.717) is 6.54 Å². The third-order valence-corrected chi connectivity index (χ3v) is 2.64. The number of hydrogen-bond acceptors (Lipinski definition) is 5. The van der Waals surface area contributed by atoms with E-state index in [-0.39, 0.29) is 0 Å². The average molecular weight is 209 g/mol. The normalized spacial score (nSPS) is 10.6. The first kappa shape index (κ1) is 9.29. The van der Waals surface area contributed by atoms with Gasteiger partial charge >= 0.3 is 0 Å². The standard InChI is InChI=1S/C8H11N5S/c1-6-10-3-7(14-6)2-9-4-8-11-5-12-13-8/h3,5,9H,2,4H2,1H3,(H,11,12,13). The summed E-state index contributed by atoms with van der Waals surface area (Å²) in [4.78, 5) is 9.42. The van der Waals surface area contributed by atoms with Crippen molar-refractivity contribution in [3.05, 3.63) is 28.2 Å². The predicted molar refractivity (Wildman–Crippen MR) is 53.8 cm³/mol. The predicted octanol–water partition coefficient (Wildman–Crippen LogP) is 0.859. The highest BCUT2D eigenvalue weighted by molar-refractivity contribution is 7.11. The maximum atomic E-state index is 4.18. The number of thiazole rings is 1. The number of aromatic nitrogens is 4. The van der Waals surface area contributed by atoms with Crippen LogP contribution in [0.4, 0.5) is 0 Å². The van der Waals surface area contributed by atoms with Crippen molar-refractivity contribution in [2.75, 3.05) is 0 Å². The Morgan fingerprint density at radius 1 is 1.43 bits per heavy atom. The maximum absolute atomic E-state index is 4.18. The molecule has 2 aromatic heterocycles. The van der Waals surface area contributed by atoms with Crippen LogP contribution in [0.1, 0.15) is 15.7 Å². The molecule has 2 aromatic rings. The Morgan fingerprint density at radius 3 is 3.00 bits per heavy atom. The summed E-state index contributed by atoms with van der Waals surface area (Å²) in [6.45, 7) is 3.54. The van der Waals surface area contributed by atoms with Gasteiger partial charge < -0.3 is 5.32 Å². The van der Waals surface area contributed by atoms with Gasteiger partial charge in [-0.15, -0.1) is 11.3 Å². The summed E-state index contributed by atoms with van der Waals surface area (Å²) in [7, 11) is 0. The molecule has 0 atom stereocenters. The molecule has 0 aliphatic heterocycles. The van der Waals surface area contributed by atoms with Gasteiger partial charge in [-0.25, -0.2) is 9.97 Å². The van der Waals surface area contributed by atoms with Gasteiger partial charge in [0.05, 0.1) is 11.6 Å². The summed E-state index contributed by atoms with van der Waals surface area (Å²) in [6, 6.07) is 0. The molecule has 2 rings (SSSR count). The zero-order valence-corrected chi connectivity index (χ0v) is 8.64. The van der Waals surface area contributed by atoms with Crippen molar-refractivity contribution in [3.63, 3.8) is 0 Å². The highest BCUT2D eigenvalue weighted by Gasteiger charge is 1.98. The van der Waals surface area contributed by atoms with E-state index < -0.39 is 0 Å². The Labute approximate surface area is 85.6 Å². The fraction of sp³-hybridized carbons (Fsp3) is 0.375. The molecular weight excluding hydrogens is 198 g/mol. The first-order chi connectivity index (χ1) is 6.84. The molecule has 0 aliphatic rings. The van der Waals surface area contributed by atoms with E-state index in [1.54, 1.807) is 11.3 Å². The molecule has 0 unspecified atom stereocenters. The number of aromatic amines is 1. The molecule has 2 N–H and O–H groups in total. The molecule has 0 radical (unpaired) electrons. The molecule has 74 valence electrons. The largest absolute Gasteiger partial charge is 0.305 e. The fourth-order valence-corrected chi connectivity index (χ4v) is 1.87. The van der Waals surface area contributed by atoms with Crippen molar-refractivity contribution in [2.24, 2.45) is 0 Å². The molecule has 0 spiro atoms. The highest BCUT2D eigenvalue weighted by Crippen LogP contribution is 2.10. The van der Waals surface area contributed by atoms with Gasteiger partial charge in [-0.3, -0.25) is 5.10 Å². The van der Waals surface area contributed by atoms with Crippen LogP contribution in [0.15, 0.2) is 12.5 Å². The average Bonchev–Trinajstić information content (AvgIpc) is 2.77. The second-order valence-corrected chi connectivity index (χ2v) is 4.20. The molecule has 0 bridgehead atoms. The van der Waals surface area contributed by atoms with Crippen LogP contribution in [0, 0.1) is 6.92 Å². The Kier molecular flexibility index (Phi) is 2.85. The fourth-order valence-electron chi connectivity index (χ4n) is 1.11. The van der Waals surface area contributed by atoms with Gasteiger partial charge in [-0.2, -0.15) is 5.10 Å². The zero-order chi connectivity index (χ0) is 9.80. The lowest BCUT2D eigenvalue weighted by molar-refractivity contribution is 0.670. The molecular formula is C8H11N5S. The van der Waals surface area contributed by atoms with Crippen molar-refractivity contribution < 1.29 is 0 Å². The number of nitrogens with zero attached hydrogens (tertiary/aromatic N) is 3. The molecule has 0 amide bonds. The van der Waals surface area contributed by atoms with Crippen LogP contribution in [-0.4, -0.2) is 20.2 Å². The topological polar surface area (TPSA) is 66.5 Å². The van der Waals surface area contributed by atoms with Crippen LogP contribution in [0.3, 0.4) is 0 Å². The van der Waals surface area contributed by atoms with Crippen molar-refractivity contribution in [1.82, 2.24) is 25.5 Å². The second kappa shape index (κ2) is 4.30. The van der Waals surface area contributed by atoms with Crippen molar-refractivity contribution in [3.8, 4) is 0 Å². The van der Waals surface area contributed by atoms with Crippen LogP contribution < -0.4 is 5.32 Å². The lowest BCUT2D eigenvalue weighted by atomic mass is 10.5. The number of H-pyrrole nitrogens is 1. The summed E-state index contributed by atoms with van der Waals surface area (Å²) in [5.74, 6) is 0.853. The van der Waals surface area contributed by atoms with E-state index in [4.69, 9.17) is 0 Å². The number of nitrogens with one attached hydrogen (secondary N) is 2. The van der Waals surface area contributed by atoms with Gasteiger partial charge in [0.15, 0.2) is 0 Å². The van der Waals surface area contributed by atoms with Gasteiger partial charge in [-0.1, -0.05) is 0 Å². The van der Waals surface area contributed by atoms with Crippen LogP contribution in [0.2, 0.25) is 0 Å². The van der Waals surface area contributed by atoms with Gasteiger partial charge in [0.2, 0.25) is 0 Å². The molecule has 14 heavy (non-hydrogen) atoms. The van der Waals surface area contributed by atoms with Crippen molar-refractivity contribution in [1.29, 1.82) is 0 Å². The Bertz CT molecular complexity index is 380. The number of aryl methyl sites for hydroxylation is 1. The van der Waals surface area contributed by atoms with Gasteiger partial charge in [0.25, 0.3) is 0 Å². The molecule has 0 saturated heterocycles. The molecule has 0 saturated carbocycles. The van der Waals surface area contributed by atoms with Gasteiger partial charge in [-0.05, 0) is 6.92 Å². The molecule has 5 nitrogen and oxygen atoms in total. The number of hydrogen-bond donors (Lipinski definition) is 2. The molecule has 0 aliphatic carbocycles. The summed E-state index contributed by atoms with van der Waals surface area (Å²) in [5, 5.41) is 10.9. The van der Waals surface area contributed by atoms with E-state index in [1.807, 2.05) is 13.1 Å². The summed E-state index contributed by atoms with van der Waals surface area (Å²) < 4.78 is 0. The zero-order valence-electron chi connectivity index (χ0n) is 7.82. The SMILES string of the molecule is Cc1ncc(CNCc2ncn[nH]2)s1. The Morgan fingerprint density at radius 2 is 2.36 bits per heavy atom. The van der Waals surface area contributed by atoms with Gasteiger partial charge in [0, 0.05) is 17.6 Å². The lowest BCUT2D eigenvalue weighted by Gasteiger charge is -1.98. The Hall–Kier alpha value is -1.27. The highest BCUT2D eigenvalue weighted by atomic mass is 32.1. The first-order valence-electron chi connectivity index (χ1n) is 4.31. The number of rotatable bonds is 4. The van der Waals surface area contributed by atoms with Crippen molar-refractivity contribution >= 4 is 11.3 Å². The van der Waals surface area contributed by atoms with Crippen LogP contribution in [0.25, 0.3) is 0 Å². The van der Waals surface area contributed by atoms with E-state index in [1.165, 1.54) is 11.2 Å². The maximum Gasteiger partial charge on any atom is 0.138 e. The quantitative estimate of drug-likeness (QED) is 0.783. The van der Waals surface area contributed by atoms with Crippen LogP contribution in [0.5, 0.6) is 0 Å². The molecule has 6 heteroatoms. The van der Waals surface area contributed by atoms with Crippen LogP contribution >= 0.6 is 11.3 Å². The molecule has 0 aromatic carbocycles. The van der Waals surface area contributed by atoms with E-state index in [2.05, 4.69) is 25.5 Å². The van der Waals surface area contributed by atoms with E-state index in [9.17, 15) is 0 Å². The third kappa shape index (κ3) is 2.36.